The Morgan fingerprint density at radius 1 is 1.34 bits per heavy atom. The van der Waals surface area contributed by atoms with E-state index in [2.05, 4.69) is 32.8 Å². The highest BCUT2D eigenvalue weighted by Gasteiger charge is 2.30. The lowest BCUT2D eigenvalue weighted by Gasteiger charge is -2.28. The SMILES string of the molecule is C=CN(NNc1ncc(C[C@@H]2CCNC2=O)c(N(C=O)C2CCCC2)n1)C(C)C. The summed E-state index contributed by atoms with van der Waals surface area (Å²) in [6.45, 7) is 8.51. The molecule has 1 aliphatic heterocycles. The molecular formula is C20H31N7O2. The van der Waals surface area contributed by atoms with Crippen molar-refractivity contribution < 1.29 is 9.59 Å². The van der Waals surface area contributed by atoms with E-state index in [1.165, 1.54) is 0 Å². The fourth-order valence-corrected chi connectivity index (χ4v) is 3.92. The van der Waals surface area contributed by atoms with Gasteiger partial charge in [-0.25, -0.2) is 4.98 Å². The first kappa shape index (κ1) is 21.0. The van der Waals surface area contributed by atoms with Crippen LogP contribution >= 0.6 is 0 Å². The molecule has 1 saturated carbocycles. The molecule has 158 valence electrons. The van der Waals surface area contributed by atoms with E-state index in [0.717, 1.165) is 44.1 Å². The first-order valence-electron chi connectivity index (χ1n) is 10.3. The number of nitrogens with zero attached hydrogens (tertiary/aromatic N) is 4. The number of nitrogens with one attached hydrogen (secondary N) is 3. The first-order valence-corrected chi connectivity index (χ1v) is 10.3. The molecule has 0 spiro atoms. The van der Waals surface area contributed by atoms with Gasteiger partial charge < -0.3 is 5.32 Å². The van der Waals surface area contributed by atoms with Gasteiger partial charge in [0, 0.05) is 42.5 Å². The van der Waals surface area contributed by atoms with E-state index in [0.29, 0.717) is 24.7 Å². The third kappa shape index (κ3) is 5.03. The van der Waals surface area contributed by atoms with Crippen LogP contribution < -0.4 is 21.2 Å². The number of carbonyl (C=O) groups is 2. The zero-order chi connectivity index (χ0) is 20.8. The fraction of sp³-hybridized carbons (Fsp3) is 0.600. The standard InChI is InChI=1S/C20H31N7O2/c1-4-27(14(2)3)25-24-20-22-12-16(11-15-9-10-21-19(15)29)18(23-20)26(13-28)17-7-5-6-8-17/h4,12-15,17,25H,1,5-11H2,2-3H3,(H,21,29)(H,22,23,24)/t15-/m0/s1. The number of carbonyl (C=O) groups excluding carboxylic acids is 2. The first-order chi connectivity index (χ1) is 14.0. The Morgan fingerprint density at radius 2 is 2.10 bits per heavy atom. The van der Waals surface area contributed by atoms with Crippen LogP contribution in [0, 0.1) is 5.92 Å². The van der Waals surface area contributed by atoms with Crippen molar-refractivity contribution in [2.75, 3.05) is 16.9 Å². The van der Waals surface area contributed by atoms with Crippen LogP contribution in [0.2, 0.25) is 0 Å². The molecule has 1 atom stereocenters. The summed E-state index contributed by atoms with van der Waals surface area (Å²) in [5.74, 6) is 0.887. The normalized spacial score (nSPS) is 19.3. The maximum atomic E-state index is 12.1. The van der Waals surface area contributed by atoms with Crippen LogP contribution in [0.15, 0.2) is 19.0 Å². The molecule has 2 amide bonds. The van der Waals surface area contributed by atoms with E-state index in [-0.39, 0.29) is 23.9 Å². The number of anilines is 2. The minimum Gasteiger partial charge on any atom is -0.356 e. The van der Waals surface area contributed by atoms with Gasteiger partial charge in [-0.1, -0.05) is 19.4 Å². The van der Waals surface area contributed by atoms with Gasteiger partial charge in [0.15, 0.2) is 0 Å². The highest BCUT2D eigenvalue weighted by Crippen LogP contribution is 2.30. The van der Waals surface area contributed by atoms with E-state index in [1.54, 1.807) is 22.3 Å². The predicted octanol–water partition coefficient (Wildman–Crippen LogP) is 1.75. The van der Waals surface area contributed by atoms with E-state index in [1.807, 2.05) is 13.8 Å². The molecule has 1 aliphatic carbocycles. The van der Waals surface area contributed by atoms with Crippen molar-refractivity contribution in [2.24, 2.45) is 5.92 Å². The maximum Gasteiger partial charge on any atom is 0.240 e. The zero-order valence-corrected chi connectivity index (χ0v) is 17.2. The van der Waals surface area contributed by atoms with Crippen LogP contribution in [0.1, 0.15) is 51.5 Å². The van der Waals surface area contributed by atoms with Gasteiger partial charge in [0.2, 0.25) is 18.3 Å². The Bertz CT molecular complexity index is 734. The van der Waals surface area contributed by atoms with Crippen molar-refractivity contribution in [1.82, 2.24) is 25.8 Å². The second-order valence-electron chi connectivity index (χ2n) is 7.89. The molecule has 2 fully saturated rings. The molecule has 0 aromatic carbocycles. The predicted molar refractivity (Wildman–Crippen MR) is 112 cm³/mol. The molecular weight excluding hydrogens is 370 g/mol. The van der Waals surface area contributed by atoms with Gasteiger partial charge in [0.25, 0.3) is 0 Å². The topological polar surface area (TPSA) is 102 Å². The van der Waals surface area contributed by atoms with Crippen LogP contribution in [-0.2, 0) is 16.0 Å². The summed E-state index contributed by atoms with van der Waals surface area (Å²) in [5, 5.41) is 4.65. The van der Waals surface area contributed by atoms with Crippen LogP contribution in [0.4, 0.5) is 11.8 Å². The lowest BCUT2D eigenvalue weighted by atomic mass is 9.99. The highest BCUT2D eigenvalue weighted by molar-refractivity contribution is 5.82. The molecule has 3 rings (SSSR count). The zero-order valence-electron chi connectivity index (χ0n) is 17.2. The summed E-state index contributed by atoms with van der Waals surface area (Å²) in [6, 6.07) is 0.323. The van der Waals surface area contributed by atoms with Crippen LogP contribution in [0.25, 0.3) is 0 Å². The summed E-state index contributed by atoms with van der Waals surface area (Å²) in [7, 11) is 0. The number of hydrogen-bond acceptors (Lipinski definition) is 7. The van der Waals surface area contributed by atoms with Crippen molar-refractivity contribution in [3.8, 4) is 0 Å². The van der Waals surface area contributed by atoms with Crippen LogP contribution in [0.3, 0.4) is 0 Å². The van der Waals surface area contributed by atoms with Crippen molar-refractivity contribution in [1.29, 1.82) is 0 Å². The largest absolute Gasteiger partial charge is 0.356 e. The number of rotatable bonds is 10. The third-order valence-electron chi connectivity index (χ3n) is 5.60. The Hall–Kier alpha value is -2.68. The van der Waals surface area contributed by atoms with Gasteiger partial charge in [-0.3, -0.25) is 24.9 Å². The number of aromatic nitrogens is 2. The molecule has 3 N–H and O–H groups in total. The van der Waals surface area contributed by atoms with Gasteiger partial charge in [-0.2, -0.15) is 4.98 Å². The molecule has 2 aliphatic rings. The molecule has 0 unspecified atom stereocenters. The average Bonchev–Trinajstić information content (AvgIpc) is 3.37. The lowest BCUT2D eigenvalue weighted by Crippen LogP contribution is -2.42. The van der Waals surface area contributed by atoms with Gasteiger partial charge in [-0.15, -0.1) is 5.53 Å². The molecule has 9 nitrogen and oxygen atoms in total. The van der Waals surface area contributed by atoms with Crippen molar-refractivity contribution >= 4 is 24.1 Å². The summed E-state index contributed by atoms with van der Waals surface area (Å²) in [6.07, 6.45) is 9.70. The molecule has 0 radical (unpaired) electrons. The monoisotopic (exact) mass is 401 g/mol. The van der Waals surface area contributed by atoms with Crippen molar-refractivity contribution in [3.63, 3.8) is 0 Å². The van der Waals surface area contributed by atoms with Crippen LogP contribution in [-0.4, -0.2) is 45.9 Å². The Balaban J connectivity index is 1.85. The van der Waals surface area contributed by atoms with E-state index < -0.39 is 0 Å². The maximum absolute atomic E-state index is 12.1. The lowest BCUT2D eigenvalue weighted by molar-refractivity contribution is -0.122. The number of hydrogen-bond donors (Lipinski definition) is 3. The Morgan fingerprint density at radius 3 is 2.69 bits per heavy atom. The second kappa shape index (κ2) is 9.69. The van der Waals surface area contributed by atoms with Gasteiger partial charge in [0.05, 0.1) is 0 Å². The van der Waals surface area contributed by atoms with Crippen molar-refractivity contribution in [3.05, 3.63) is 24.5 Å². The van der Waals surface area contributed by atoms with Crippen LogP contribution in [0.5, 0.6) is 0 Å². The van der Waals surface area contributed by atoms with Gasteiger partial charge in [-0.05, 0) is 39.5 Å². The third-order valence-corrected chi connectivity index (χ3v) is 5.60. The minimum atomic E-state index is -0.108. The minimum absolute atomic E-state index is 0.0527. The molecule has 1 aromatic rings. The fourth-order valence-electron chi connectivity index (χ4n) is 3.92. The molecule has 1 aromatic heterocycles. The highest BCUT2D eigenvalue weighted by atomic mass is 16.2. The van der Waals surface area contributed by atoms with E-state index in [4.69, 9.17) is 0 Å². The smallest absolute Gasteiger partial charge is 0.240 e. The number of hydrazine groups is 2. The summed E-state index contributed by atoms with van der Waals surface area (Å²) < 4.78 is 0. The van der Waals surface area contributed by atoms with E-state index in [9.17, 15) is 9.59 Å². The number of amides is 2. The second-order valence-corrected chi connectivity index (χ2v) is 7.89. The summed E-state index contributed by atoms with van der Waals surface area (Å²) >= 11 is 0. The molecule has 0 bridgehead atoms. The van der Waals surface area contributed by atoms with Gasteiger partial charge in [0.1, 0.15) is 5.82 Å². The van der Waals surface area contributed by atoms with Crippen molar-refractivity contribution in [2.45, 2.75) is 64.5 Å². The Labute approximate surface area is 171 Å². The molecule has 1 saturated heterocycles. The average molecular weight is 402 g/mol. The Kier molecular flexibility index (Phi) is 7.03. The summed E-state index contributed by atoms with van der Waals surface area (Å²) in [4.78, 5) is 34.8. The van der Waals surface area contributed by atoms with Gasteiger partial charge >= 0.3 is 0 Å². The summed E-state index contributed by atoms with van der Waals surface area (Å²) in [5.41, 5.74) is 6.81. The van der Waals surface area contributed by atoms with E-state index >= 15 is 0 Å². The molecule has 29 heavy (non-hydrogen) atoms. The molecule has 2 heterocycles. The quantitative estimate of drug-likeness (QED) is 0.405. The molecule has 9 heteroatoms.